The summed E-state index contributed by atoms with van der Waals surface area (Å²) in [7, 11) is -6.41. The third kappa shape index (κ3) is 7.92. The van der Waals surface area contributed by atoms with Gasteiger partial charge in [0, 0.05) is 24.3 Å². The number of aromatic nitrogens is 2. The number of aryl methyl sites for hydroxylation is 1. The lowest BCUT2D eigenvalue weighted by molar-refractivity contribution is -0.335. The Labute approximate surface area is 304 Å². The molecular formula is C42H43F2N2O5P-2. The highest BCUT2D eigenvalue weighted by molar-refractivity contribution is 7.49. The highest BCUT2D eigenvalue weighted by Gasteiger charge is 2.45. The van der Waals surface area contributed by atoms with Crippen LogP contribution in [0.15, 0.2) is 108 Å². The fraction of sp³-hybridized carbons (Fsp3) is 0.310. The molecule has 0 saturated carbocycles. The summed E-state index contributed by atoms with van der Waals surface area (Å²) in [6.45, 7) is 12.4. The predicted molar refractivity (Wildman–Crippen MR) is 196 cm³/mol. The van der Waals surface area contributed by atoms with Crippen LogP contribution in [-0.2, 0) is 32.9 Å². The Bertz CT molecular complexity index is 2110. The molecule has 7 nitrogen and oxygen atoms in total. The molecule has 1 heterocycles. The minimum absolute atomic E-state index is 0.0623. The Morgan fingerprint density at radius 3 is 1.90 bits per heavy atom. The standard InChI is InChI=1S/C42H45F2N2O5P/c1-28-45-38(51-46-28)31-20-23-33(24-21-31)41(37(47)30-18-12-9-13-19-30,26-14-17-29-15-10-8-11-16-29)27-32-22-25-34(42(43,44)52(48,49)50)36(40(5,6)7)35(32)39(2,3)4/h8-25H,26-27H2,1-7H3,(H2,48,49,50)/p-2/b17-14+. The largest absolute Gasteiger partial charge is 0.806 e. The molecule has 1 aromatic heterocycles. The summed E-state index contributed by atoms with van der Waals surface area (Å²) in [6, 6.07) is 28.4. The minimum Gasteiger partial charge on any atom is -0.806 e. The van der Waals surface area contributed by atoms with E-state index in [0.29, 0.717) is 39.5 Å². The number of halogens is 2. The van der Waals surface area contributed by atoms with Gasteiger partial charge in [-0.3, -0.25) is 4.79 Å². The summed E-state index contributed by atoms with van der Waals surface area (Å²) in [4.78, 5) is 43.6. The van der Waals surface area contributed by atoms with Crippen molar-refractivity contribution in [2.24, 2.45) is 0 Å². The van der Waals surface area contributed by atoms with Gasteiger partial charge in [0.25, 0.3) is 11.6 Å². The second-order valence-corrected chi connectivity index (χ2v) is 16.8. The van der Waals surface area contributed by atoms with Crippen molar-refractivity contribution in [3.63, 3.8) is 0 Å². The number of allylic oxidation sites excluding steroid dienone is 1. The summed E-state index contributed by atoms with van der Waals surface area (Å²) >= 11 is 0. The van der Waals surface area contributed by atoms with Gasteiger partial charge in [0.15, 0.2) is 11.6 Å². The van der Waals surface area contributed by atoms with Gasteiger partial charge >= 0.3 is 0 Å². The molecule has 0 fully saturated rings. The summed E-state index contributed by atoms with van der Waals surface area (Å²) in [5, 5.41) is 3.90. The van der Waals surface area contributed by atoms with E-state index < -0.39 is 35.1 Å². The van der Waals surface area contributed by atoms with Gasteiger partial charge < -0.3 is 18.9 Å². The van der Waals surface area contributed by atoms with Crippen molar-refractivity contribution in [2.45, 2.75) is 83.2 Å². The lowest BCUT2D eigenvalue weighted by atomic mass is 9.64. The summed E-state index contributed by atoms with van der Waals surface area (Å²) in [5.74, 6) is 0.605. The Hall–Kier alpha value is -4.56. The molecule has 52 heavy (non-hydrogen) atoms. The smallest absolute Gasteiger partial charge is 0.297 e. The highest BCUT2D eigenvalue weighted by Crippen LogP contribution is 2.57. The summed E-state index contributed by atoms with van der Waals surface area (Å²) in [6.07, 6.45) is 4.17. The van der Waals surface area contributed by atoms with Crippen molar-refractivity contribution >= 4 is 19.5 Å². The van der Waals surface area contributed by atoms with Gasteiger partial charge in [-0.2, -0.15) is 13.8 Å². The van der Waals surface area contributed by atoms with E-state index in [4.69, 9.17) is 4.52 Å². The van der Waals surface area contributed by atoms with Gasteiger partial charge in [0.1, 0.15) is 0 Å². The van der Waals surface area contributed by atoms with Gasteiger partial charge in [-0.25, -0.2) is 0 Å². The van der Waals surface area contributed by atoms with E-state index >= 15 is 13.6 Å². The van der Waals surface area contributed by atoms with E-state index in [1.54, 1.807) is 52.0 Å². The highest BCUT2D eigenvalue weighted by atomic mass is 31.2. The number of Topliss-reactive ketones (excluding diaryl/α,β-unsaturated/α-hetero) is 1. The molecule has 0 aliphatic carbocycles. The third-order valence-electron chi connectivity index (χ3n) is 9.21. The molecule has 0 saturated heterocycles. The number of rotatable bonds is 11. The number of hydrogen-bond donors (Lipinski definition) is 0. The van der Waals surface area contributed by atoms with Crippen LogP contribution in [0.1, 0.15) is 97.5 Å². The Kier molecular flexibility index (Phi) is 10.8. The van der Waals surface area contributed by atoms with Crippen LogP contribution < -0.4 is 9.79 Å². The average Bonchev–Trinajstić information content (AvgIpc) is 3.52. The maximum Gasteiger partial charge on any atom is 0.297 e. The normalized spacial score (nSPS) is 14.1. The summed E-state index contributed by atoms with van der Waals surface area (Å²) < 4.78 is 48.7. The van der Waals surface area contributed by atoms with Gasteiger partial charge in [-0.15, -0.1) is 0 Å². The molecule has 1 unspecified atom stereocenters. The first kappa shape index (κ1) is 38.7. The van der Waals surface area contributed by atoms with Gasteiger partial charge in [0.2, 0.25) is 0 Å². The van der Waals surface area contributed by atoms with Gasteiger partial charge in [-0.1, -0.05) is 144 Å². The molecule has 0 spiro atoms. The molecule has 0 bridgehead atoms. The first-order valence-electron chi connectivity index (χ1n) is 17.1. The van der Waals surface area contributed by atoms with Crippen LogP contribution in [0, 0.1) is 6.92 Å². The molecule has 0 N–H and O–H groups in total. The van der Waals surface area contributed by atoms with Crippen LogP contribution in [0.3, 0.4) is 0 Å². The van der Waals surface area contributed by atoms with E-state index in [2.05, 4.69) is 10.1 Å². The number of alkyl halides is 2. The lowest BCUT2D eigenvalue weighted by Crippen LogP contribution is -2.40. The molecular weight excluding hydrogens is 681 g/mol. The van der Waals surface area contributed by atoms with Crippen molar-refractivity contribution in [1.82, 2.24) is 10.1 Å². The third-order valence-corrected chi connectivity index (χ3v) is 10.1. The first-order chi connectivity index (χ1) is 24.3. The van der Waals surface area contributed by atoms with Crippen molar-refractivity contribution in [3.8, 4) is 11.5 Å². The van der Waals surface area contributed by atoms with Crippen LogP contribution in [-0.4, -0.2) is 15.9 Å². The van der Waals surface area contributed by atoms with Crippen LogP contribution in [0.4, 0.5) is 8.78 Å². The Balaban J connectivity index is 1.82. The SMILES string of the molecule is Cc1noc(-c2ccc(C(C/C=C/c3ccccc3)(Cc3ccc(C(F)(F)P(=O)([O-])[O-])c(C(C)(C)C)c3C(C)(C)C)C(=O)c3ccccc3)cc2)n1. The zero-order valence-corrected chi connectivity index (χ0v) is 31.3. The van der Waals surface area contributed by atoms with E-state index in [0.717, 1.165) is 11.6 Å². The first-order valence-corrected chi connectivity index (χ1v) is 18.6. The second kappa shape index (κ2) is 14.5. The van der Waals surface area contributed by atoms with Crippen LogP contribution >= 0.6 is 7.60 Å². The van der Waals surface area contributed by atoms with E-state index in [-0.39, 0.29) is 24.2 Å². The van der Waals surface area contributed by atoms with Crippen LogP contribution in [0.5, 0.6) is 0 Å². The fourth-order valence-corrected chi connectivity index (χ4v) is 7.40. The molecule has 1 atom stereocenters. The molecule has 4 aromatic carbocycles. The van der Waals surface area contributed by atoms with Crippen molar-refractivity contribution in [2.75, 3.05) is 0 Å². The number of benzene rings is 4. The van der Waals surface area contributed by atoms with Crippen LogP contribution in [0.2, 0.25) is 0 Å². The lowest BCUT2D eigenvalue weighted by Gasteiger charge is -2.43. The maximum absolute atomic E-state index is 15.6. The topological polar surface area (TPSA) is 119 Å². The molecule has 5 aromatic rings. The van der Waals surface area contributed by atoms with Crippen molar-refractivity contribution in [3.05, 3.63) is 148 Å². The predicted octanol–water partition coefficient (Wildman–Crippen LogP) is 9.07. The molecule has 0 aliphatic rings. The second-order valence-electron chi connectivity index (χ2n) is 15.3. The number of hydrogen-bond acceptors (Lipinski definition) is 7. The molecule has 0 amide bonds. The molecule has 272 valence electrons. The molecule has 5 rings (SSSR count). The number of nitrogens with zero attached hydrogens (tertiary/aromatic N) is 2. The quantitative estimate of drug-likeness (QED) is 0.0985. The van der Waals surface area contributed by atoms with Gasteiger partial charge in [-0.05, 0) is 70.5 Å². The van der Waals surface area contributed by atoms with Crippen molar-refractivity contribution < 1.29 is 32.5 Å². The molecule has 10 heteroatoms. The number of carbonyl (C=O) groups excluding carboxylic acids is 1. The van der Waals surface area contributed by atoms with E-state index in [1.807, 2.05) is 93.6 Å². The fourth-order valence-electron chi connectivity index (χ4n) is 6.92. The molecule has 0 aliphatic heterocycles. The van der Waals surface area contributed by atoms with Crippen molar-refractivity contribution in [1.29, 1.82) is 0 Å². The average molecular weight is 725 g/mol. The van der Waals surface area contributed by atoms with E-state index in [1.165, 1.54) is 6.07 Å². The Morgan fingerprint density at radius 1 is 0.808 bits per heavy atom. The van der Waals surface area contributed by atoms with Gasteiger partial charge in [0.05, 0.1) is 5.41 Å². The zero-order chi connectivity index (χ0) is 38.1. The summed E-state index contributed by atoms with van der Waals surface area (Å²) in [5.41, 5.74) is -4.81. The monoisotopic (exact) mass is 724 g/mol. The van der Waals surface area contributed by atoms with E-state index in [9.17, 15) is 14.4 Å². The number of carbonyl (C=O) groups is 1. The maximum atomic E-state index is 15.6. The number of ketones is 1. The minimum atomic E-state index is -6.41. The zero-order valence-electron chi connectivity index (χ0n) is 30.4. The van der Waals surface area contributed by atoms with Crippen LogP contribution in [0.25, 0.3) is 17.5 Å². The molecule has 0 radical (unpaired) electrons. The Morgan fingerprint density at radius 2 is 1.38 bits per heavy atom.